The largest absolute Gasteiger partial charge is 0.310 e. The minimum absolute atomic E-state index is 0.595. The van der Waals surface area contributed by atoms with E-state index in [0.29, 0.717) is 0 Å². The van der Waals surface area contributed by atoms with Crippen LogP contribution in [0.3, 0.4) is 0 Å². The topological polar surface area (TPSA) is 11.4 Å². The minimum atomic E-state index is -0.595. The monoisotopic (exact) mass is 865 g/mol. The maximum Gasteiger partial charge on any atom is 0.0732 e. The minimum Gasteiger partial charge on any atom is -0.310 e. The molecule has 1 atom stereocenters. The van der Waals surface area contributed by atoms with E-state index in [1.165, 1.54) is 77.1 Å². The molecule has 0 saturated carbocycles. The lowest BCUT2D eigenvalue weighted by Crippen LogP contribution is -2.26. The van der Waals surface area contributed by atoms with Crippen molar-refractivity contribution in [2.45, 2.75) is 5.41 Å². The first-order valence-electron chi connectivity index (χ1n) is 23.5. The molecule has 0 aliphatic heterocycles. The number of nitrogens with zero attached hydrogens (tertiary/aromatic N) is 3. The van der Waals surface area contributed by atoms with Gasteiger partial charge in [-0.3, -0.25) is 0 Å². The van der Waals surface area contributed by atoms with E-state index in [1.807, 2.05) is 0 Å². The number of anilines is 6. The predicted molar refractivity (Wildman–Crippen MR) is 284 cm³/mol. The Balaban J connectivity index is 1.04. The molecule has 68 heavy (non-hydrogen) atoms. The molecule has 0 amide bonds. The van der Waals surface area contributed by atoms with Crippen molar-refractivity contribution in [3.8, 4) is 27.9 Å². The average Bonchev–Trinajstić information content (AvgIpc) is 4.01. The van der Waals surface area contributed by atoms with Crippen LogP contribution in [0.15, 0.2) is 261 Å². The van der Waals surface area contributed by atoms with Gasteiger partial charge in [-0.25, -0.2) is 0 Å². The van der Waals surface area contributed by atoms with E-state index >= 15 is 0 Å². The number of fused-ring (bicyclic) bond motifs is 15. The van der Waals surface area contributed by atoms with Crippen molar-refractivity contribution in [1.29, 1.82) is 0 Å². The summed E-state index contributed by atoms with van der Waals surface area (Å²) in [4.78, 5) is 4.88. The third-order valence-corrected chi connectivity index (χ3v) is 14.5. The molecule has 1 aromatic heterocycles. The van der Waals surface area contributed by atoms with Crippen LogP contribution in [-0.4, -0.2) is 4.57 Å². The van der Waals surface area contributed by atoms with Crippen molar-refractivity contribution >= 4 is 66.7 Å². The van der Waals surface area contributed by atoms with Crippen molar-refractivity contribution in [3.63, 3.8) is 0 Å². The average molecular weight is 866 g/mol. The molecule has 0 N–H and O–H groups in total. The number of hydrogen-bond acceptors (Lipinski definition) is 2. The zero-order valence-electron chi connectivity index (χ0n) is 37.2. The Morgan fingerprint density at radius 1 is 0.279 bits per heavy atom. The molecule has 0 bridgehead atoms. The van der Waals surface area contributed by atoms with E-state index in [-0.39, 0.29) is 0 Å². The molecule has 1 unspecified atom stereocenters. The highest BCUT2D eigenvalue weighted by Gasteiger charge is 2.53. The van der Waals surface area contributed by atoms with E-state index in [1.54, 1.807) is 0 Å². The summed E-state index contributed by atoms with van der Waals surface area (Å²) in [5.41, 5.74) is 19.9. The zero-order chi connectivity index (χ0) is 44.8. The highest BCUT2D eigenvalue weighted by Crippen LogP contribution is 2.65. The first kappa shape index (κ1) is 38.4. The Morgan fingerprint density at radius 2 is 0.750 bits per heavy atom. The lowest BCUT2D eigenvalue weighted by atomic mass is 9.69. The van der Waals surface area contributed by atoms with Crippen molar-refractivity contribution in [1.82, 2.24) is 4.57 Å². The Morgan fingerprint density at radius 3 is 1.41 bits per heavy atom. The van der Waals surface area contributed by atoms with Gasteiger partial charge in [-0.2, -0.15) is 0 Å². The van der Waals surface area contributed by atoms with Crippen LogP contribution >= 0.6 is 0 Å². The number of benzene rings is 11. The Kier molecular flexibility index (Phi) is 8.50. The standard InChI is InChI=1S/C65H43N3/c1-5-21-44(22-6-1)66(49-38-40-55-53-31-17-20-36-61(53)68(62(55)42-49)47-27-11-4-12-28-47)48-37-39-52-50-29-15-18-34-58(50)65(60(52)41-48)59-35-19-16-30-51(59)57-43-63(54-32-13-14-33-56(54)64(57)65)67(45-23-7-2-8-24-45)46-25-9-3-10-26-46/h1-43H. The summed E-state index contributed by atoms with van der Waals surface area (Å²) in [6.07, 6.45) is 0. The van der Waals surface area contributed by atoms with E-state index in [4.69, 9.17) is 0 Å². The third kappa shape index (κ3) is 5.47. The van der Waals surface area contributed by atoms with Gasteiger partial charge in [0.2, 0.25) is 0 Å². The van der Waals surface area contributed by atoms with Crippen LogP contribution < -0.4 is 9.80 Å². The van der Waals surface area contributed by atoms with Crippen molar-refractivity contribution in [2.75, 3.05) is 9.80 Å². The zero-order valence-corrected chi connectivity index (χ0v) is 37.2. The van der Waals surface area contributed by atoms with Crippen LogP contribution in [0.25, 0.3) is 60.5 Å². The lowest BCUT2D eigenvalue weighted by Gasteiger charge is -2.34. The molecule has 0 radical (unpaired) electrons. The summed E-state index contributed by atoms with van der Waals surface area (Å²) in [5, 5.41) is 4.93. The molecular formula is C65H43N3. The van der Waals surface area contributed by atoms with Gasteiger partial charge in [0.25, 0.3) is 0 Å². The molecule has 0 saturated heterocycles. The van der Waals surface area contributed by atoms with Gasteiger partial charge in [-0.05, 0) is 135 Å². The van der Waals surface area contributed by atoms with Crippen molar-refractivity contribution in [2.24, 2.45) is 0 Å². The van der Waals surface area contributed by atoms with Crippen LogP contribution in [0.4, 0.5) is 34.1 Å². The van der Waals surface area contributed by atoms with Gasteiger partial charge in [-0.1, -0.05) is 176 Å². The van der Waals surface area contributed by atoms with Crippen LogP contribution in [-0.2, 0) is 5.41 Å². The van der Waals surface area contributed by atoms with E-state index in [0.717, 1.165) is 39.8 Å². The van der Waals surface area contributed by atoms with Crippen LogP contribution in [0.5, 0.6) is 0 Å². The molecule has 1 spiro atoms. The molecule has 0 fully saturated rings. The van der Waals surface area contributed by atoms with Gasteiger partial charge in [-0.15, -0.1) is 0 Å². The second kappa shape index (κ2) is 15.1. The Labute approximate surface area is 395 Å². The summed E-state index contributed by atoms with van der Waals surface area (Å²) >= 11 is 0. The molecule has 11 aromatic carbocycles. The fourth-order valence-electron chi connectivity index (χ4n) is 11.9. The third-order valence-electron chi connectivity index (χ3n) is 14.5. The Hall–Kier alpha value is -8.92. The fraction of sp³-hybridized carbons (Fsp3) is 0.0154. The normalized spacial score (nSPS) is 14.2. The fourth-order valence-corrected chi connectivity index (χ4v) is 11.9. The number of rotatable bonds is 7. The van der Waals surface area contributed by atoms with Crippen LogP contribution in [0, 0.1) is 0 Å². The number of hydrogen-bond donors (Lipinski definition) is 0. The van der Waals surface area contributed by atoms with Crippen LogP contribution in [0.2, 0.25) is 0 Å². The summed E-state index contributed by atoms with van der Waals surface area (Å²) in [7, 11) is 0. The molecule has 3 heteroatoms. The van der Waals surface area contributed by atoms with Gasteiger partial charge in [0.05, 0.1) is 22.1 Å². The first-order valence-corrected chi connectivity index (χ1v) is 23.5. The maximum atomic E-state index is 2.51. The molecule has 318 valence electrons. The number of aromatic nitrogens is 1. The highest BCUT2D eigenvalue weighted by molar-refractivity contribution is 6.12. The predicted octanol–water partition coefficient (Wildman–Crippen LogP) is 17.2. The summed E-state index contributed by atoms with van der Waals surface area (Å²) < 4.78 is 2.41. The second-order valence-electron chi connectivity index (χ2n) is 18.0. The Bertz CT molecular complexity index is 3870. The molecule has 2 aliphatic rings. The summed E-state index contributed by atoms with van der Waals surface area (Å²) in [6, 6.07) is 96.1. The molecule has 1 heterocycles. The summed E-state index contributed by atoms with van der Waals surface area (Å²) in [5.74, 6) is 0. The van der Waals surface area contributed by atoms with Gasteiger partial charge in [0, 0.05) is 50.3 Å². The van der Waals surface area contributed by atoms with Crippen LogP contribution in [0.1, 0.15) is 22.3 Å². The highest BCUT2D eigenvalue weighted by atomic mass is 15.2. The van der Waals surface area contributed by atoms with Gasteiger partial charge >= 0.3 is 0 Å². The number of para-hydroxylation sites is 5. The van der Waals surface area contributed by atoms with Gasteiger partial charge < -0.3 is 14.4 Å². The van der Waals surface area contributed by atoms with E-state index in [2.05, 4.69) is 275 Å². The molecule has 3 nitrogen and oxygen atoms in total. The first-order chi connectivity index (χ1) is 33.8. The van der Waals surface area contributed by atoms with E-state index < -0.39 is 5.41 Å². The molecule has 12 aromatic rings. The molecule has 2 aliphatic carbocycles. The molecule has 14 rings (SSSR count). The van der Waals surface area contributed by atoms with Crippen molar-refractivity contribution in [3.05, 3.63) is 283 Å². The second-order valence-corrected chi connectivity index (χ2v) is 18.0. The quantitative estimate of drug-likeness (QED) is 0.158. The smallest absolute Gasteiger partial charge is 0.0732 e. The van der Waals surface area contributed by atoms with Gasteiger partial charge in [0.1, 0.15) is 0 Å². The van der Waals surface area contributed by atoms with Gasteiger partial charge in [0.15, 0.2) is 0 Å². The molecular weight excluding hydrogens is 823 g/mol. The van der Waals surface area contributed by atoms with Crippen molar-refractivity contribution < 1.29 is 0 Å². The van der Waals surface area contributed by atoms with E-state index in [9.17, 15) is 0 Å². The summed E-state index contributed by atoms with van der Waals surface area (Å²) in [6.45, 7) is 0. The lowest BCUT2D eigenvalue weighted by molar-refractivity contribution is 0.801. The SMILES string of the molecule is c1ccc(N(c2ccc3c(c2)C2(c4ccccc4-3)c3ccccc3-c3cc(N(c4ccccc4)c4ccccc4)c4ccccc4c32)c2ccc3c4ccccc4n(-c4ccccc4)c3c2)cc1. The maximum absolute atomic E-state index is 2.51.